The fraction of sp³-hybridized carbons (Fsp3) is 0.333. The maximum Gasteiger partial charge on any atom is 0.266 e. The molecule has 2 aromatic heterocycles. The van der Waals surface area contributed by atoms with Gasteiger partial charge in [-0.25, -0.2) is 5.43 Å². The van der Waals surface area contributed by atoms with E-state index in [2.05, 4.69) is 5.43 Å². The molecule has 0 radical (unpaired) electrons. The van der Waals surface area contributed by atoms with E-state index in [9.17, 15) is 9.59 Å². The molecule has 2 aromatic rings. The Morgan fingerprint density at radius 2 is 1.89 bits per heavy atom. The Balaban J connectivity index is 0.000000146. The number of hydroxylamine groups is 1. The first-order chi connectivity index (χ1) is 8.65. The average Bonchev–Trinajstić information content (AvgIpc) is 2.97. The number of hydrogen-bond acceptors (Lipinski definition) is 4. The normalized spacial score (nSPS) is 15.4. The van der Waals surface area contributed by atoms with Gasteiger partial charge in [-0.1, -0.05) is 0 Å². The van der Waals surface area contributed by atoms with Gasteiger partial charge >= 0.3 is 0 Å². The molecule has 1 aliphatic heterocycles. The van der Waals surface area contributed by atoms with Gasteiger partial charge in [-0.3, -0.25) is 14.4 Å². The molecule has 3 heterocycles. The van der Waals surface area contributed by atoms with Crippen molar-refractivity contribution in [2.45, 2.75) is 19.8 Å². The summed E-state index contributed by atoms with van der Waals surface area (Å²) in [5.41, 5.74) is 4.19. The Hall–Kier alpha value is -2.08. The molecule has 0 unspecified atom stereocenters. The molecule has 2 bridgehead atoms. The minimum Gasteiger partial charge on any atom is -0.457 e. The SMILES string of the molecule is CC(=O)NN1OCCCC1=O.c1cc2ccc1o2. The number of nitrogens with one attached hydrogen (secondary N) is 1. The second-order valence-corrected chi connectivity index (χ2v) is 3.87. The van der Waals surface area contributed by atoms with Crippen LogP contribution in [0.5, 0.6) is 0 Å². The minimum atomic E-state index is -0.305. The summed E-state index contributed by atoms with van der Waals surface area (Å²) in [5.74, 6) is -0.508. The van der Waals surface area contributed by atoms with E-state index in [1.165, 1.54) is 6.92 Å². The van der Waals surface area contributed by atoms with Gasteiger partial charge in [0.25, 0.3) is 5.91 Å². The van der Waals surface area contributed by atoms with Crippen LogP contribution in [-0.2, 0) is 14.4 Å². The first-order valence-corrected chi connectivity index (χ1v) is 5.66. The van der Waals surface area contributed by atoms with Crippen molar-refractivity contribution in [2.75, 3.05) is 6.61 Å². The number of carbonyl (C=O) groups is 2. The first-order valence-electron chi connectivity index (χ1n) is 5.66. The molecule has 1 saturated heterocycles. The minimum absolute atomic E-state index is 0.202. The van der Waals surface area contributed by atoms with E-state index in [1.54, 1.807) is 0 Å². The summed E-state index contributed by atoms with van der Waals surface area (Å²) in [4.78, 5) is 26.2. The van der Waals surface area contributed by atoms with Crippen LogP contribution in [0, 0.1) is 0 Å². The van der Waals surface area contributed by atoms with Gasteiger partial charge in [0, 0.05) is 13.3 Å². The Morgan fingerprint density at radius 1 is 1.28 bits per heavy atom. The zero-order chi connectivity index (χ0) is 13.0. The molecule has 0 aliphatic carbocycles. The van der Waals surface area contributed by atoms with E-state index in [-0.39, 0.29) is 11.8 Å². The molecule has 18 heavy (non-hydrogen) atoms. The molecule has 0 saturated carbocycles. The number of fused-ring (bicyclic) bond motifs is 2. The van der Waals surface area contributed by atoms with Gasteiger partial charge in [0.05, 0.1) is 6.61 Å². The number of hydrogen-bond donors (Lipinski definition) is 1. The molecular formula is C12H14N2O4. The van der Waals surface area contributed by atoms with Gasteiger partial charge in [-0.2, -0.15) is 0 Å². The van der Waals surface area contributed by atoms with Gasteiger partial charge in [0.1, 0.15) is 11.2 Å². The van der Waals surface area contributed by atoms with E-state index < -0.39 is 0 Å². The first kappa shape index (κ1) is 12.4. The van der Waals surface area contributed by atoms with Crippen molar-refractivity contribution in [1.29, 1.82) is 0 Å². The lowest BCUT2D eigenvalue weighted by Gasteiger charge is -2.24. The third kappa shape index (κ3) is 3.21. The molecule has 96 valence electrons. The molecule has 1 N–H and O–H groups in total. The van der Waals surface area contributed by atoms with Crippen LogP contribution in [0.4, 0.5) is 0 Å². The molecule has 6 heteroatoms. The van der Waals surface area contributed by atoms with E-state index in [4.69, 9.17) is 9.25 Å². The monoisotopic (exact) mass is 250 g/mol. The van der Waals surface area contributed by atoms with Crippen LogP contribution in [0.25, 0.3) is 11.2 Å². The van der Waals surface area contributed by atoms with Crippen molar-refractivity contribution in [3.8, 4) is 0 Å². The average molecular weight is 250 g/mol. The van der Waals surface area contributed by atoms with Gasteiger partial charge in [-0.15, -0.1) is 5.17 Å². The van der Waals surface area contributed by atoms with Crippen molar-refractivity contribution in [2.24, 2.45) is 0 Å². The number of nitrogens with zero attached hydrogens (tertiary/aromatic N) is 1. The highest BCUT2D eigenvalue weighted by molar-refractivity contribution is 5.80. The highest BCUT2D eigenvalue weighted by Gasteiger charge is 2.19. The van der Waals surface area contributed by atoms with Crippen LogP contribution in [0.15, 0.2) is 28.7 Å². The van der Waals surface area contributed by atoms with Crippen molar-refractivity contribution >= 4 is 23.0 Å². The van der Waals surface area contributed by atoms with Crippen LogP contribution in [0.1, 0.15) is 19.8 Å². The highest BCUT2D eigenvalue weighted by atomic mass is 16.7. The summed E-state index contributed by atoms with van der Waals surface area (Å²) >= 11 is 0. The summed E-state index contributed by atoms with van der Waals surface area (Å²) in [6, 6.07) is 7.81. The smallest absolute Gasteiger partial charge is 0.266 e. The summed E-state index contributed by atoms with van der Waals surface area (Å²) in [5, 5.41) is 0.895. The lowest BCUT2D eigenvalue weighted by Crippen LogP contribution is -2.47. The summed E-state index contributed by atoms with van der Waals surface area (Å²) in [7, 11) is 0. The van der Waals surface area contributed by atoms with Crippen LogP contribution >= 0.6 is 0 Å². The molecule has 2 amide bonds. The van der Waals surface area contributed by atoms with Gasteiger partial charge in [-0.05, 0) is 30.7 Å². The highest BCUT2D eigenvalue weighted by Crippen LogP contribution is 2.13. The second kappa shape index (κ2) is 5.50. The lowest BCUT2D eigenvalue weighted by atomic mass is 10.3. The zero-order valence-corrected chi connectivity index (χ0v) is 10.0. The van der Waals surface area contributed by atoms with Gasteiger partial charge in [0.2, 0.25) is 5.91 Å². The summed E-state index contributed by atoms with van der Waals surface area (Å²) in [6.07, 6.45) is 1.15. The Morgan fingerprint density at radius 3 is 2.28 bits per heavy atom. The summed E-state index contributed by atoms with van der Waals surface area (Å²) < 4.78 is 5.08. The number of amides is 2. The third-order valence-electron chi connectivity index (χ3n) is 2.30. The van der Waals surface area contributed by atoms with Crippen LogP contribution in [0.2, 0.25) is 0 Å². The second-order valence-electron chi connectivity index (χ2n) is 3.87. The Bertz CT molecular complexity index is 477. The number of furan rings is 2. The standard InChI is InChI=1S/C6H10N2O3.C6H4O/c1-5(9)7-8-6(10)3-2-4-11-8;1-2-6-4-3-5(1)7-6/h2-4H2,1H3,(H,7,9);1-4H. The molecule has 0 spiro atoms. The third-order valence-corrected chi connectivity index (χ3v) is 2.30. The van der Waals surface area contributed by atoms with Crippen molar-refractivity contribution < 1.29 is 18.8 Å². The molecule has 0 aromatic carbocycles. The topological polar surface area (TPSA) is 71.8 Å². The van der Waals surface area contributed by atoms with Crippen LogP contribution < -0.4 is 5.43 Å². The number of rotatable bonds is 1. The van der Waals surface area contributed by atoms with Crippen LogP contribution in [0.3, 0.4) is 0 Å². The number of benzene rings is 1. The van der Waals surface area contributed by atoms with E-state index in [1.807, 2.05) is 24.3 Å². The largest absolute Gasteiger partial charge is 0.457 e. The zero-order valence-electron chi connectivity index (χ0n) is 10.0. The van der Waals surface area contributed by atoms with E-state index in [0.29, 0.717) is 13.0 Å². The molecule has 1 aliphatic rings. The van der Waals surface area contributed by atoms with E-state index >= 15 is 0 Å². The molecule has 6 nitrogen and oxygen atoms in total. The fourth-order valence-corrected chi connectivity index (χ4v) is 1.50. The van der Waals surface area contributed by atoms with Crippen molar-refractivity contribution in [3.05, 3.63) is 24.3 Å². The Labute approximate surface area is 104 Å². The molecule has 3 rings (SSSR count). The molecule has 1 fully saturated rings. The van der Waals surface area contributed by atoms with Crippen LogP contribution in [-0.4, -0.2) is 23.6 Å². The Kier molecular flexibility index (Phi) is 3.78. The van der Waals surface area contributed by atoms with Crippen molar-refractivity contribution in [3.63, 3.8) is 0 Å². The maximum absolute atomic E-state index is 10.9. The quantitative estimate of drug-likeness (QED) is 0.831. The van der Waals surface area contributed by atoms with Crippen molar-refractivity contribution in [1.82, 2.24) is 10.6 Å². The predicted octanol–water partition coefficient (Wildman–Crippen LogP) is 1.46. The predicted molar refractivity (Wildman–Crippen MR) is 63.2 cm³/mol. The van der Waals surface area contributed by atoms with Gasteiger partial charge < -0.3 is 4.42 Å². The molecule has 0 atom stereocenters. The van der Waals surface area contributed by atoms with E-state index in [0.717, 1.165) is 22.8 Å². The summed E-state index contributed by atoms with van der Waals surface area (Å²) in [6.45, 7) is 1.80. The van der Waals surface area contributed by atoms with Gasteiger partial charge in [0.15, 0.2) is 0 Å². The number of hydrazine groups is 1. The fourth-order valence-electron chi connectivity index (χ4n) is 1.50. The maximum atomic E-state index is 10.9. The lowest BCUT2D eigenvalue weighted by molar-refractivity contribution is -0.217. The molecular weight excluding hydrogens is 236 g/mol. The number of carbonyl (C=O) groups excluding carboxylic acids is 2.